The van der Waals surface area contributed by atoms with E-state index >= 15 is 0 Å². The number of halogens is 4. The molecule has 6 rings (SSSR count). The van der Waals surface area contributed by atoms with Gasteiger partial charge >= 0.3 is 0 Å². The maximum Gasteiger partial charge on any atom is 0.258 e. The number of amides is 4. The van der Waals surface area contributed by atoms with Crippen LogP contribution in [0.15, 0.2) is 52.5 Å². The van der Waals surface area contributed by atoms with E-state index in [1.807, 2.05) is 0 Å². The number of phenols is 1. The summed E-state index contributed by atoms with van der Waals surface area (Å²) in [6, 6.07) is 7.65. The maximum atomic E-state index is 14.2. The molecule has 2 aliphatic heterocycles. The summed E-state index contributed by atoms with van der Waals surface area (Å²) in [5, 5.41) is 20.7. The van der Waals surface area contributed by atoms with E-state index in [-0.39, 0.29) is 39.6 Å². The van der Waals surface area contributed by atoms with Gasteiger partial charge in [-0.2, -0.15) is 5.06 Å². The molecule has 1 saturated carbocycles. The molecule has 9 nitrogen and oxygen atoms in total. The molecule has 0 spiro atoms. The van der Waals surface area contributed by atoms with Gasteiger partial charge in [-0.1, -0.05) is 11.6 Å². The fraction of sp³-hybridized carbons (Fsp3) is 0.333. The molecule has 2 aromatic rings. The summed E-state index contributed by atoms with van der Waals surface area (Å²) in [6.07, 6.45) is 1.50. The van der Waals surface area contributed by atoms with Crippen molar-refractivity contribution in [2.75, 3.05) is 12.0 Å². The molecule has 2 saturated heterocycles. The fourth-order valence-electron chi connectivity index (χ4n) is 6.67. The lowest BCUT2D eigenvalue weighted by atomic mass is 9.56. The van der Waals surface area contributed by atoms with Crippen molar-refractivity contribution in [2.24, 2.45) is 17.8 Å². The largest absolute Gasteiger partial charge is 0.503 e. The van der Waals surface area contributed by atoms with Crippen molar-refractivity contribution in [1.82, 2.24) is 5.06 Å². The number of fused-ring (bicyclic) bond motifs is 4. The molecule has 2 N–H and O–H groups in total. The van der Waals surface area contributed by atoms with E-state index < -0.39 is 62.9 Å². The summed E-state index contributed by atoms with van der Waals surface area (Å²) in [5.74, 6) is -7.96. The van der Waals surface area contributed by atoms with Crippen LogP contribution in [0, 0.1) is 23.6 Å². The third-order valence-electron chi connectivity index (χ3n) is 8.48. The number of allylic oxidation sites excluding steroid dienone is 2. The third kappa shape index (κ3) is 3.35. The Morgan fingerprint density at radius 1 is 1.05 bits per heavy atom. The van der Waals surface area contributed by atoms with Crippen molar-refractivity contribution >= 4 is 68.4 Å². The molecule has 0 bridgehead atoms. The number of aromatic hydroxyl groups is 1. The lowest BCUT2D eigenvalue weighted by Crippen LogP contribution is -2.60. The second-order valence-corrected chi connectivity index (χ2v) is 12.4. The van der Waals surface area contributed by atoms with Crippen LogP contribution >= 0.6 is 39.1 Å². The Labute approximate surface area is 245 Å². The maximum absolute atomic E-state index is 14.2. The number of carbonyl (C=O) groups is 4. The summed E-state index contributed by atoms with van der Waals surface area (Å²) >= 11 is 17.7. The highest BCUT2D eigenvalue weighted by Crippen LogP contribution is 2.66. The van der Waals surface area contributed by atoms with Gasteiger partial charge in [0, 0.05) is 5.92 Å². The topological polar surface area (TPSA) is 124 Å². The number of alkyl halides is 2. The average Bonchev–Trinajstić information content (AvgIpc) is 3.24. The number of anilines is 1. The predicted octanol–water partition coefficient (Wildman–Crippen LogP) is 4.26. The minimum Gasteiger partial charge on any atom is -0.503 e. The molecule has 13 heteroatoms. The lowest BCUT2D eigenvalue weighted by molar-refractivity contribution is -0.173. The minimum atomic E-state index is -2.14. The Morgan fingerprint density at radius 2 is 1.73 bits per heavy atom. The molecule has 4 aliphatic rings. The Morgan fingerprint density at radius 3 is 2.38 bits per heavy atom. The minimum absolute atomic E-state index is 0.0436. The van der Waals surface area contributed by atoms with Gasteiger partial charge in [0.1, 0.15) is 5.82 Å². The number of ether oxygens (including phenoxy) is 1. The Balaban J connectivity index is 1.60. The highest BCUT2D eigenvalue weighted by molar-refractivity contribution is 9.10. The monoisotopic (exact) mass is 652 g/mol. The molecule has 40 heavy (non-hydrogen) atoms. The molecule has 4 amide bonds. The van der Waals surface area contributed by atoms with Crippen LogP contribution < -0.4 is 9.64 Å². The SMILES string of the molecule is COc1cc([C@H]2C3=CC[C@@H]4C(=O)N(O)C(=O)[C@@H]4[C@@H]3C[C@@]3(Cl)C(=O)N(c4ccc(F)cc4)C(=O)[C@@]23Cl)cc(Br)c1O. The first kappa shape index (κ1) is 27.2. The number of hydrogen-bond acceptors (Lipinski definition) is 7. The quantitative estimate of drug-likeness (QED) is 0.220. The summed E-state index contributed by atoms with van der Waals surface area (Å²) in [5.41, 5.74) is 0.888. The first-order chi connectivity index (χ1) is 18.9. The van der Waals surface area contributed by atoms with Gasteiger partial charge in [-0.3, -0.25) is 24.4 Å². The van der Waals surface area contributed by atoms with Gasteiger partial charge in [0.05, 0.1) is 29.1 Å². The van der Waals surface area contributed by atoms with E-state index in [9.17, 15) is 33.9 Å². The van der Waals surface area contributed by atoms with Gasteiger partial charge in [0.2, 0.25) is 0 Å². The van der Waals surface area contributed by atoms with Crippen LogP contribution in [-0.2, 0) is 19.2 Å². The molecular weight excluding hydrogens is 634 g/mol. The number of rotatable bonds is 3. The van der Waals surface area contributed by atoms with Gasteiger partial charge in [0.25, 0.3) is 23.6 Å². The van der Waals surface area contributed by atoms with Crippen molar-refractivity contribution in [3.63, 3.8) is 0 Å². The normalized spacial score (nSPS) is 33.1. The standard InChI is InChI=1S/C27H20BrCl2FN2O7/c1-40-18-9-11(8-17(28)21(18)34)20-14-6-7-15-19(23(36)33(39)22(15)35)16(14)10-26(29)24(37)32(25(38)27(20,26)30)13-4-2-12(31)3-5-13/h2-6,8-9,15-16,19-20,34,39H,7,10H2,1H3/t15-,16+,19-,20-,26+,27-/m0/s1. The van der Waals surface area contributed by atoms with Gasteiger partial charge in [0.15, 0.2) is 21.2 Å². The van der Waals surface area contributed by atoms with Crippen LogP contribution in [-0.4, -0.2) is 55.9 Å². The molecule has 2 aromatic carbocycles. The van der Waals surface area contributed by atoms with Gasteiger partial charge in [-0.15, -0.1) is 23.2 Å². The van der Waals surface area contributed by atoms with Crippen LogP contribution in [0.5, 0.6) is 11.5 Å². The van der Waals surface area contributed by atoms with E-state index in [0.29, 0.717) is 11.1 Å². The van der Waals surface area contributed by atoms with E-state index in [4.69, 9.17) is 27.9 Å². The van der Waals surface area contributed by atoms with Gasteiger partial charge in [-0.25, -0.2) is 9.29 Å². The third-order valence-corrected chi connectivity index (χ3v) is 10.5. The number of hydrogen-bond donors (Lipinski definition) is 2. The molecule has 0 radical (unpaired) electrons. The smallest absolute Gasteiger partial charge is 0.258 e. The number of phenolic OH excluding ortho intramolecular Hbond substituents is 1. The van der Waals surface area contributed by atoms with Crippen molar-refractivity contribution in [2.45, 2.75) is 28.5 Å². The molecule has 6 atom stereocenters. The van der Waals surface area contributed by atoms with Gasteiger partial charge < -0.3 is 9.84 Å². The average molecular weight is 654 g/mol. The first-order valence-corrected chi connectivity index (χ1v) is 13.8. The summed E-state index contributed by atoms with van der Waals surface area (Å²) in [6.45, 7) is 0. The zero-order valence-corrected chi connectivity index (χ0v) is 23.7. The van der Waals surface area contributed by atoms with E-state index in [0.717, 1.165) is 17.0 Å². The lowest BCUT2D eigenvalue weighted by Gasteiger charge is -2.50. The molecule has 208 valence electrons. The van der Waals surface area contributed by atoms with E-state index in [1.165, 1.54) is 31.4 Å². The summed E-state index contributed by atoms with van der Waals surface area (Å²) in [7, 11) is 1.33. The second kappa shape index (κ2) is 9.01. The molecule has 2 aliphatic carbocycles. The summed E-state index contributed by atoms with van der Waals surface area (Å²) in [4.78, 5) is 50.6. The number of benzene rings is 2. The fourth-order valence-corrected chi connectivity index (χ4v) is 8.07. The Kier molecular flexibility index (Phi) is 6.12. The van der Waals surface area contributed by atoms with Crippen LogP contribution in [0.4, 0.5) is 10.1 Å². The van der Waals surface area contributed by atoms with E-state index in [2.05, 4.69) is 15.9 Å². The van der Waals surface area contributed by atoms with Crippen LogP contribution in [0.25, 0.3) is 0 Å². The Hall–Kier alpha value is -2.99. The molecular formula is C27H20BrCl2FN2O7. The highest BCUT2D eigenvalue weighted by Gasteiger charge is 2.76. The van der Waals surface area contributed by atoms with Crippen molar-refractivity contribution in [1.29, 1.82) is 0 Å². The number of carbonyl (C=O) groups excluding carboxylic acids is 4. The van der Waals surface area contributed by atoms with Crippen molar-refractivity contribution < 1.29 is 38.6 Å². The number of imide groups is 2. The number of methoxy groups -OCH3 is 1. The summed E-state index contributed by atoms with van der Waals surface area (Å²) < 4.78 is 19.2. The predicted molar refractivity (Wildman–Crippen MR) is 143 cm³/mol. The number of nitrogens with zero attached hydrogens (tertiary/aromatic N) is 2. The van der Waals surface area contributed by atoms with Crippen LogP contribution in [0.2, 0.25) is 0 Å². The van der Waals surface area contributed by atoms with Crippen molar-refractivity contribution in [3.8, 4) is 11.5 Å². The van der Waals surface area contributed by atoms with Crippen LogP contribution in [0.3, 0.4) is 0 Å². The Bertz CT molecular complexity index is 1550. The van der Waals surface area contributed by atoms with Crippen molar-refractivity contribution in [3.05, 3.63) is 63.9 Å². The first-order valence-electron chi connectivity index (χ1n) is 12.2. The number of hydroxylamine groups is 2. The molecule has 0 unspecified atom stereocenters. The molecule has 2 heterocycles. The molecule has 3 fully saturated rings. The van der Waals surface area contributed by atoms with Gasteiger partial charge in [-0.05, 0) is 76.7 Å². The zero-order chi connectivity index (χ0) is 28.9. The highest BCUT2D eigenvalue weighted by atomic mass is 79.9. The van der Waals surface area contributed by atoms with E-state index in [1.54, 1.807) is 6.08 Å². The van der Waals surface area contributed by atoms with Crippen LogP contribution in [0.1, 0.15) is 24.3 Å². The molecule has 0 aromatic heterocycles. The zero-order valence-electron chi connectivity index (χ0n) is 20.6. The second-order valence-electron chi connectivity index (χ2n) is 10.3.